The number of carbonyl (C=O) groups is 1. The van der Waals surface area contributed by atoms with Crippen LogP contribution in [0.2, 0.25) is 0 Å². The number of hydrogen-bond donors (Lipinski definition) is 1. The second-order valence-corrected chi connectivity index (χ2v) is 3.62. The van der Waals surface area contributed by atoms with Crippen LogP contribution in [0.3, 0.4) is 0 Å². The van der Waals surface area contributed by atoms with Crippen molar-refractivity contribution < 1.29 is 4.79 Å². The van der Waals surface area contributed by atoms with Gasteiger partial charge in [-0.15, -0.1) is 0 Å². The minimum atomic E-state index is -0.0602. The molecule has 0 aliphatic carbocycles. The molecular weight excluding hydrogens is 152 g/mol. The Balaban J connectivity index is 0.000000261. The highest BCUT2D eigenvalue weighted by Gasteiger charge is 2.17. The topological polar surface area (TPSA) is 32.3 Å². The lowest BCUT2D eigenvalue weighted by Gasteiger charge is -2.00. The van der Waals surface area contributed by atoms with Gasteiger partial charge in [0, 0.05) is 12.7 Å². The van der Waals surface area contributed by atoms with E-state index in [1.54, 1.807) is 11.9 Å². The molecular formula is C9H18N2O. The van der Waals surface area contributed by atoms with Crippen LogP contribution in [-0.4, -0.2) is 24.5 Å². The van der Waals surface area contributed by atoms with E-state index in [1.807, 2.05) is 0 Å². The van der Waals surface area contributed by atoms with E-state index in [1.165, 1.54) is 0 Å². The molecule has 0 radical (unpaired) electrons. The fraction of sp³-hybridized carbons (Fsp3) is 0.667. The lowest BCUT2D eigenvalue weighted by atomic mass is 10.3. The summed E-state index contributed by atoms with van der Waals surface area (Å²) in [6.45, 7) is 10.7. The predicted octanol–water partition coefficient (Wildman–Crippen LogP) is 1.82. The van der Waals surface area contributed by atoms with Crippen molar-refractivity contribution in [1.82, 2.24) is 10.2 Å². The summed E-state index contributed by atoms with van der Waals surface area (Å²) in [6.07, 6.45) is 0. The van der Waals surface area contributed by atoms with Crippen molar-refractivity contribution in [3.05, 3.63) is 12.3 Å². The van der Waals surface area contributed by atoms with Crippen molar-refractivity contribution >= 4 is 6.03 Å². The zero-order valence-electron chi connectivity index (χ0n) is 8.35. The van der Waals surface area contributed by atoms with Crippen molar-refractivity contribution in [2.45, 2.75) is 20.8 Å². The van der Waals surface area contributed by atoms with Crippen molar-refractivity contribution in [2.24, 2.45) is 5.92 Å². The van der Waals surface area contributed by atoms with Crippen molar-refractivity contribution in [3.8, 4) is 0 Å². The molecule has 70 valence electrons. The summed E-state index contributed by atoms with van der Waals surface area (Å²) in [5.74, 6) is 0.833. The Hall–Kier alpha value is -0.990. The molecule has 0 aromatic carbocycles. The van der Waals surface area contributed by atoms with Crippen LogP contribution in [0.1, 0.15) is 20.8 Å². The van der Waals surface area contributed by atoms with Crippen molar-refractivity contribution in [3.63, 3.8) is 0 Å². The Morgan fingerprint density at radius 3 is 2.00 bits per heavy atom. The number of carbonyl (C=O) groups excluding carboxylic acids is 1. The van der Waals surface area contributed by atoms with E-state index in [0.717, 1.165) is 11.6 Å². The third-order valence-corrected chi connectivity index (χ3v) is 1.06. The van der Waals surface area contributed by atoms with Gasteiger partial charge in [-0.2, -0.15) is 0 Å². The largest absolute Gasteiger partial charge is 0.322 e. The molecule has 12 heavy (non-hydrogen) atoms. The highest BCUT2D eigenvalue weighted by atomic mass is 16.2. The first-order chi connectivity index (χ1) is 5.43. The summed E-state index contributed by atoms with van der Waals surface area (Å²) < 4.78 is 0. The van der Waals surface area contributed by atoms with Gasteiger partial charge in [-0.1, -0.05) is 27.4 Å². The van der Waals surface area contributed by atoms with Gasteiger partial charge in [-0.25, -0.2) is 4.79 Å². The molecule has 3 heteroatoms. The Morgan fingerprint density at radius 2 is 1.92 bits per heavy atom. The second kappa shape index (κ2) is 4.80. The molecule has 0 spiro atoms. The van der Waals surface area contributed by atoms with Crippen LogP contribution >= 0.6 is 0 Å². The number of hydrogen-bond acceptors (Lipinski definition) is 1. The summed E-state index contributed by atoms with van der Waals surface area (Å²) in [5.41, 5.74) is 0.775. The Kier molecular flexibility index (Phi) is 4.40. The first-order valence-corrected chi connectivity index (χ1v) is 4.13. The second-order valence-electron chi connectivity index (χ2n) is 3.62. The van der Waals surface area contributed by atoms with Gasteiger partial charge < -0.3 is 10.2 Å². The zero-order chi connectivity index (χ0) is 9.72. The van der Waals surface area contributed by atoms with Crippen LogP contribution in [-0.2, 0) is 0 Å². The minimum Gasteiger partial charge on any atom is -0.322 e. The van der Waals surface area contributed by atoms with Crippen LogP contribution < -0.4 is 5.32 Å². The number of amides is 2. The van der Waals surface area contributed by atoms with Gasteiger partial charge in [0.2, 0.25) is 0 Å². The van der Waals surface area contributed by atoms with E-state index in [9.17, 15) is 4.79 Å². The Bertz CT molecular complexity index is 173. The maximum Gasteiger partial charge on any atom is 0.321 e. The number of likely N-dealkylation sites (N-methyl/N-ethyl adjacent to an activating group) is 1. The number of nitrogens with one attached hydrogen (secondary N) is 1. The van der Waals surface area contributed by atoms with Gasteiger partial charge in [0.1, 0.15) is 0 Å². The van der Waals surface area contributed by atoms with Crippen LogP contribution in [0, 0.1) is 5.92 Å². The highest BCUT2D eigenvalue weighted by Crippen LogP contribution is 1.99. The molecule has 1 N–H and O–H groups in total. The fourth-order valence-corrected chi connectivity index (χ4v) is 0.644. The SMILES string of the molecule is C=C1CN(C)C(=O)N1.CC(C)C. The molecule has 1 fully saturated rings. The normalized spacial score (nSPS) is 15.9. The fourth-order valence-electron chi connectivity index (χ4n) is 0.644. The van der Waals surface area contributed by atoms with E-state index in [-0.39, 0.29) is 6.03 Å². The van der Waals surface area contributed by atoms with Crippen LogP contribution in [0.5, 0.6) is 0 Å². The summed E-state index contributed by atoms with van der Waals surface area (Å²) in [5, 5.41) is 2.56. The van der Waals surface area contributed by atoms with E-state index in [0.29, 0.717) is 6.54 Å². The van der Waals surface area contributed by atoms with Gasteiger partial charge >= 0.3 is 6.03 Å². The van der Waals surface area contributed by atoms with Gasteiger partial charge in [-0.3, -0.25) is 0 Å². The third-order valence-electron chi connectivity index (χ3n) is 1.06. The van der Waals surface area contributed by atoms with E-state index >= 15 is 0 Å². The van der Waals surface area contributed by atoms with Crippen molar-refractivity contribution in [1.29, 1.82) is 0 Å². The summed E-state index contributed by atoms with van der Waals surface area (Å²) in [7, 11) is 1.73. The molecule has 3 nitrogen and oxygen atoms in total. The summed E-state index contributed by atoms with van der Waals surface area (Å²) in [4.78, 5) is 12.1. The molecule has 1 aliphatic rings. The number of rotatable bonds is 0. The maximum atomic E-state index is 10.5. The first-order valence-electron chi connectivity index (χ1n) is 4.13. The Morgan fingerprint density at radius 1 is 1.50 bits per heavy atom. The summed E-state index contributed by atoms with van der Waals surface area (Å²) in [6, 6.07) is -0.0602. The lowest BCUT2D eigenvalue weighted by Crippen LogP contribution is -2.23. The summed E-state index contributed by atoms with van der Waals surface area (Å²) >= 11 is 0. The quantitative estimate of drug-likeness (QED) is 0.591. The molecule has 1 aliphatic heterocycles. The van der Waals surface area contributed by atoms with Crippen molar-refractivity contribution in [2.75, 3.05) is 13.6 Å². The minimum absolute atomic E-state index is 0.0602. The van der Waals surface area contributed by atoms with Crippen LogP contribution in [0.25, 0.3) is 0 Å². The number of nitrogens with zero attached hydrogens (tertiary/aromatic N) is 1. The van der Waals surface area contributed by atoms with Gasteiger partial charge in [0.15, 0.2) is 0 Å². The Labute approximate surface area is 74.4 Å². The lowest BCUT2D eigenvalue weighted by molar-refractivity contribution is 0.226. The molecule has 0 saturated carbocycles. The smallest absolute Gasteiger partial charge is 0.321 e. The van der Waals surface area contributed by atoms with E-state index in [2.05, 4.69) is 32.7 Å². The average molecular weight is 170 g/mol. The van der Waals surface area contributed by atoms with Gasteiger partial charge in [-0.05, 0) is 5.92 Å². The molecule has 0 atom stereocenters. The van der Waals surface area contributed by atoms with Gasteiger partial charge in [0.05, 0.1) is 6.54 Å². The van der Waals surface area contributed by atoms with Crippen LogP contribution in [0.4, 0.5) is 4.79 Å². The van der Waals surface area contributed by atoms with E-state index < -0.39 is 0 Å². The third kappa shape index (κ3) is 4.77. The molecule has 2 amide bonds. The monoisotopic (exact) mass is 170 g/mol. The molecule has 1 heterocycles. The molecule has 1 rings (SSSR count). The molecule has 0 unspecified atom stereocenters. The maximum absolute atomic E-state index is 10.5. The average Bonchev–Trinajstić information content (AvgIpc) is 2.08. The van der Waals surface area contributed by atoms with E-state index in [4.69, 9.17) is 0 Å². The predicted molar refractivity (Wildman–Crippen MR) is 50.8 cm³/mol. The van der Waals surface area contributed by atoms with Gasteiger partial charge in [0.25, 0.3) is 0 Å². The standard InChI is InChI=1S/C5H8N2O.C4H10/c1-4-3-7(2)5(8)6-4;1-4(2)3/h1,3H2,2H3,(H,6,8);4H,1-3H3. The molecule has 0 aromatic rings. The number of urea groups is 1. The van der Waals surface area contributed by atoms with Crippen LogP contribution in [0.15, 0.2) is 12.3 Å². The highest BCUT2D eigenvalue weighted by molar-refractivity contribution is 5.78. The zero-order valence-corrected chi connectivity index (χ0v) is 8.35. The molecule has 0 aromatic heterocycles. The molecule has 1 saturated heterocycles. The first kappa shape index (κ1) is 11.0. The molecule has 0 bridgehead atoms.